The summed E-state index contributed by atoms with van der Waals surface area (Å²) in [6, 6.07) is 7.58. The van der Waals surface area contributed by atoms with Crippen LogP contribution in [-0.2, 0) is 9.63 Å². The second-order valence-electron chi connectivity index (χ2n) is 5.57. The number of carbonyl (C=O) groups excluding carboxylic acids is 1. The first-order valence-electron chi connectivity index (χ1n) is 6.11. The average molecular weight is 268 g/mol. The van der Waals surface area contributed by atoms with Crippen LogP contribution in [0.3, 0.4) is 0 Å². The van der Waals surface area contributed by atoms with Gasteiger partial charge in [-0.15, -0.1) is 0 Å². The molecule has 4 heteroatoms. The number of hydrogen-bond acceptors (Lipinski definition) is 2. The highest BCUT2D eigenvalue weighted by Gasteiger charge is 2.37. The Kier molecular flexibility index (Phi) is 3.64. The van der Waals surface area contributed by atoms with E-state index >= 15 is 0 Å². The Morgan fingerprint density at radius 3 is 2.50 bits per heavy atom. The van der Waals surface area contributed by atoms with Crippen molar-refractivity contribution in [2.45, 2.75) is 33.2 Å². The van der Waals surface area contributed by atoms with E-state index in [2.05, 4.69) is 0 Å². The van der Waals surface area contributed by atoms with E-state index in [0.717, 1.165) is 12.0 Å². The van der Waals surface area contributed by atoms with Crippen molar-refractivity contribution in [3.05, 3.63) is 34.9 Å². The lowest BCUT2D eigenvalue weighted by atomic mass is 9.94. The van der Waals surface area contributed by atoms with Crippen molar-refractivity contribution >= 4 is 17.5 Å². The highest BCUT2D eigenvalue weighted by molar-refractivity contribution is 6.30. The number of rotatable bonds is 1. The molecule has 0 spiro atoms. The summed E-state index contributed by atoms with van der Waals surface area (Å²) in [7, 11) is 0. The van der Waals surface area contributed by atoms with Gasteiger partial charge in [0.1, 0.15) is 0 Å². The van der Waals surface area contributed by atoms with Gasteiger partial charge in [0.15, 0.2) is 0 Å². The van der Waals surface area contributed by atoms with Crippen LogP contribution in [0.4, 0.5) is 0 Å². The van der Waals surface area contributed by atoms with Crippen LogP contribution in [0.15, 0.2) is 24.3 Å². The Morgan fingerprint density at radius 1 is 1.33 bits per heavy atom. The van der Waals surface area contributed by atoms with E-state index in [1.165, 1.54) is 5.06 Å². The van der Waals surface area contributed by atoms with Crippen molar-refractivity contribution in [2.24, 2.45) is 5.41 Å². The Hall–Kier alpha value is -1.06. The van der Waals surface area contributed by atoms with E-state index in [4.69, 9.17) is 16.4 Å². The summed E-state index contributed by atoms with van der Waals surface area (Å²) in [5.41, 5.74) is 0.629. The van der Waals surface area contributed by atoms with Gasteiger partial charge in [0, 0.05) is 16.9 Å². The van der Waals surface area contributed by atoms with Gasteiger partial charge in [-0.3, -0.25) is 9.63 Å². The minimum absolute atomic E-state index is 0.00556. The molecular formula is C14H18ClNO2. The molecule has 1 saturated heterocycles. The zero-order valence-electron chi connectivity index (χ0n) is 10.9. The molecule has 0 aliphatic carbocycles. The third-order valence-electron chi connectivity index (χ3n) is 3.00. The molecule has 1 atom stereocenters. The number of carbonyl (C=O) groups is 1. The smallest absolute Gasteiger partial charge is 0.252 e. The van der Waals surface area contributed by atoms with Crippen molar-refractivity contribution < 1.29 is 9.63 Å². The van der Waals surface area contributed by atoms with E-state index in [-0.39, 0.29) is 11.9 Å². The van der Waals surface area contributed by atoms with Gasteiger partial charge < -0.3 is 0 Å². The number of amides is 1. The maximum atomic E-state index is 12.3. The molecule has 1 aromatic carbocycles. The van der Waals surface area contributed by atoms with E-state index in [0.29, 0.717) is 11.6 Å². The first-order valence-corrected chi connectivity index (χ1v) is 6.49. The molecular weight excluding hydrogens is 250 g/mol. The van der Waals surface area contributed by atoms with E-state index in [9.17, 15) is 4.79 Å². The van der Waals surface area contributed by atoms with Crippen molar-refractivity contribution in [2.75, 3.05) is 6.61 Å². The van der Waals surface area contributed by atoms with Gasteiger partial charge in [-0.1, -0.05) is 44.5 Å². The Bertz CT molecular complexity index is 436. The standard InChI is InChI=1S/C14H18ClNO2/c1-14(2,3)13(17)16-12(8-9-18-16)10-4-6-11(15)7-5-10/h4-7,12H,8-9H2,1-3H3/t12-/m0/s1. The van der Waals surface area contributed by atoms with Crippen molar-refractivity contribution in [1.82, 2.24) is 5.06 Å². The first-order chi connectivity index (χ1) is 8.39. The fourth-order valence-electron chi connectivity index (χ4n) is 1.99. The van der Waals surface area contributed by atoms with Crippen molar-refractivity contribution in [3.8, 4) is 0 Å². The Labute approximate surface area is 113 Å². The zero-order chi connectivity index (χ0) is 13.3. The summed E-state index contributed by atoms with van der Waals surface area (Å²) in [5, 5.41) is 2.22. The summed E-state index contributed by atoms with van der Waals surface area (Å²) >= 11 is 5.88. The third kappa shape index (κ3) is 2.68. The third-order valence-corrected chi connectivity index (χ3v) is 3.25. The molecule has 0 saturated carbocycles. The van der Waals surface area contributed by atoms with Gasteiger partial charge in [-0.25, -0.2) is 5.06 Å². The second kappa shape index (κ2) is 4.90. The van der Waals surface area contributed by atoms with Gasteiger partial charge in [-0.05, 0) is 17.7 Å². The molecule has 3 nitrogen and oxygen atoms in total. The van der Waals surface area contributed by atoms with Crippen LogP contribution in [0.5, 0.6) is 0 Å². The largest absolute Gasteiger partial charge is 0.272 e. The monoisotopic (exact) mass is 267 g/mol. The van der Waals surface area contributed by atoms with Crippen LogP contribution in [0.25, 0.3) is 0 Å². The molecule has 0 bridgehead atoms. The second-order valence-corrected chi connectivity index (χ2v) is 6.01. The maximum Gasteiger partial charge on any atom is 0.252 e. The highest BCUT2D eigenvalue weighted by atomic mass is 35.5. The molecule has 1 aliphatic heterocycles. The van der Waals surface area contributed by atoms with E-state index in [1.807, 2.05) is 45.0 Å². The van der Waals surface area contributed by atoms with E-state index < -0.39 is 5.41 Å². The van der Waals surface area contributed by atoms with Crippen LogP contribution >= 0.6 is 11.6 Å². The van der Waals surface area contributed by atoms with Crippen LogP contribution in [-0.4, -0.2) is 17.6 Å². The molecule has 98 valence electrons. The Morgan fingerprint density at radius 2 is 1.94 bits per heavy atom. The Balaban J connectivity index is 2.22. The lowest BCUT2D eigenvalue weighted by Crippen LogP contribution is -2.38. The molecule has 2 rings (SSSR count). The fourth-order valence-corrected chi connectivity index (χ4v) is 2.11. The lowest BCUT2D eigenvalue weighted by Gasteiger charge is -2.29. The SMILES string of the molecule is CC(C)(C)C(=O)N1OCC[C@H]1c1ccc(Cl)cc1. The number of halogens is 1. The predicted molar refractivity (Wildman–Crippen MR) is 71.1 cm³/mol. The molecule has 1 fully saturated rings. The number of hydroxylamine groups is 2. The molecule has 1 aliphatic rings. The van der Waals surface area contributed by atoms with Crippen molar-refractivity contribution in [3.63, 3.8) is 0 Å². The van der Waals surface area contributed by atoms with E-state index in [1.54, 1.807) is 0 Å². The number of nitrogens with zero attached hydrogens (tertiary/aromatic N) is 1. The molecule has 1 heterocycles. The maximum absolute atomic E-state index is 12.3. The van der Waals surface area contributed by atoms with Crippen LogP contribution in [0.2, 0.25) is 5.02 Å². The van der Waals surface area contributed by atoms with Gasteiger partial charge in [0.25, 0.3) is 5.91 Å². The molecule has 1 aromatic rings. The topological polar surface area (TPSA) is 29.5 Å². The van der Waals surface area contributed by atoms with Gasteiger partial charge in [0.05, 0.1) is 12.6 Å². The number of hydrogen-bond donors (Lipinski definition) is 0. The van der Waals surface area contributed by atoms with Gasteiger partial charge in [-0.2, -0.15) is 0 Å². The number of benzene rings is 1. The highest BCUT2D eigenvalue weighted by Crippen LogP contribution is 2.34. The molecule has 0 aromatic heterocycles. The zero-order valence-corrected chi connectivity index (χ0v) is 11.7. The molecule has 18 heavy (non-hydrogen) atoms. The quantitative estimate of drug-likeness (QED) is 0.778. The fraction of sp³-hybridized carbons (Fsp3) is 0.500. The summed E-state index contributed by atoms with van der Waals surface area (Å²) in [6.07, 6.45) is 0.823. The van der Waals surface area contributed by atoms with Crippen LogP contribution < -0.4 is 0 Å². The predicted octanol–water partition coefficient (Wildman–Crippen LogP) is 3.59. The van der Waals surface area contributed by atoms with Crippen molar-refractivity contribution in [1.29, 1.82) is 0 Å². The average Bonchev–Trinajstić information content (AvgIpc) is 2.76. The van der Waals surface area contributed by atoms with Gasteiger partial charge in [0.2, 0.25) is 0 Å². The summed E-state index contributed by atoms with van der Waals surface area (Å²) < 4.78 is 0. The molecule has 1 amide bonds. The van der Waals surface area contributed by atoms with Crippen LogP contribution in [0.1, 0.15) is 38.8 Å². The lowest BCUT2D eigenvalue weighted by molar-refractivity contribution is -0.186. The summed E-state index contributed by atoms with van der Waals surface area (Å²) in [4.78, 5) is 17.8. The molecule has 0 radical (unpaired) electrons. The molecule has 0 N–H and O–H groups in total. The minimum atomic E-state index is -0.436. The molecule has 0 unspecified atom stereocenters. The summed E-state index contributed by atoms with van der Waals surface area (Å²) in [6.45, 7) is 6.27. The normalized spacial score (nSPS) is 20.2. The summed E-state index contributed by atoms with van der Waals surface area (Å²) in [5.74, 6) is 0.0138. The van der Waals surface area contributed by atoms with Gasteiger partial charge >= 0.3 is 0 Å². The minimum Gasteiger partial charge on any atom is -0.272 e. The van der Waals surface area contributed by atoms with Crippen LogP contribution in [0, 0.1) is 5.41 Å². The first kappa shape index (κ1) is 13.4.